The van der Waals surface area contributed by atoms with Gasteiger partial charge < -0.3 is 14.6 Å². The highest BCUT2D eigenvalue weighted by Crippen LogP contribution is 2.32. The average Bonchev–Trinajstić information content (AvgIpc) is 2.40. The van der Waals surface area contributed by atoms with Crippen molar-refractivity contribution in [3.63, 3.8) is 0 Å². The first-order chi connectivity index (χ1) is 9.76. The molecule has 2 N–H and O–H groups in total. The standard InChI is InChI=1S/C16H25NO4/c1-6-13(17-16(4,5)19)20-12-10-8-9-11(3)15(12)21-14(18)7-2/h8-10,13,17,19H,6-7H2,1-5H3/t13-/m1/s1. The molecule has 0 amide bonds. The maximum Gasteiger partial charge on any atom is 0.311 e. The van der Waals surface area contributed by atoms with Crippen LogP contribution in [0.25, 0.3) is 0 Å². The molecule has 5 nitrogen and oxygen atoms in total. The van der Waals surface area contributed by atoms with Crippen molar-refractivity contribution in [2.24, 2.45) is 0 Å². The van der Waals surface area contributed by atoms with Crippen molar-refractivity contribution in [2.45, 2.75) is 59.4 Å². The van der Waals surface area contributed by atoms with E-state index in [1.807, 2.05) is 26.0 Å². The van der Waals surface area contributed by atoms with E-state index in [4.69, 9.17) is 9.47 Å². The minimum Gasteiger partial charge on any atom is -0.471 e. The molecule has 0 spiro atoms. The Morgan fingerprint density at radius 1 is 1.38 bits per heavy atom. The Bertz CT molecular complexity index is 480. The number of rotatable bonds is 7. The van der Waals surface area contributed by atoms with E-state index < -0.39 is 5.72 Å². The fourth-order valence-electron chi connectivity index (χ4n) is 1.80. The van der Waals surface area contributed by atoms with E-state index in [-0.39, 0.29) is 12.2 Å². The Kier molecular flexibility index (Phi) is 6.18. The Morgan fingerprint density at radius 2 is 2.05 bits per heavy atom. The van der Waals surface area contributed by atoms with Crippen LogP contribution in [0, 0.1) is 6.92 Å². The first kappa shape index (κ1) is 17.5. The molecule has 0 saturated carbocycles. The van der Waals surface area contributed by atoms with Crippen LogP contribution in [0.2, 0.25) is 0 Å². The zero-order valence-electron chi connectivity index (χ0n) is 13.4. The Balaban J connectivity index is 2.96. The number of nitrogens with one attached hydrogen (secondary N) is 1. The molecule has 0 heterocycles. The lowest BCUT2D eigenvalue weighted by atomic mass is 10.2. The summed E-state index contributed by atoms with van der Waals surface area (Å²) in [6, 6.07) is 5.44. The van der Waals surface area contributed by atoms with Gasteiger partial charge in [-0.25, -0.2) is 0 Å². The summed E-state index contributed by atoms with van der Waals surface area (Å²) in [5.74, 6) is 0.610. The number of para-hydroxylation sites is 1. The summed E-state index contributed by atoms with van der Waals surface area (Å²) in [5, 5.41) is 12.8. The third-order valence-corrected chi connectivity index (χ3v) is 2.83. The Hall–Kier alpha value is -1.59. The maximum absolute atomic E-state index is 11.5. The van der Waals surface area contributed by atoms with Gasteiger partial charge >= 0.3 is 5.97 Å². The van der Waals surface area contributed by atoms with Crippen LogP contribution >= 0.6 is 0 Å². The van der Waals surface area contributed by atoms with Crippen LogP contribution in [-0.2, 0) is 4.79 Å². The van der Waals surface area contributed by atoms with E-state index in [9.17, 15) is 9.90 Å². The summed E-state index contributed by atoms with van der Waals surface area (Å²) in [5.41, 5.74) is -0.225. The molecule has 0 aliphatic carbocycles. The number of aryl methyl sites for hydroxylation is 1. The number of esters is 1. The molecular formula is C16H25NO4. The first-order valence-electron chi connectivity index (χ1n) is 7.23. The van der Waals surface area contributed by atoms with Gasteiger partial charge in [0.15, 0.2) is 17.7 Å². The number of aliphatic hydroxyl groups is 1. The molecular weight excluding hydrogens is 270 g/mol. The molecule has 21 heavy (non-hydrogen) atoms. The zero-order chi connectivity index (χ0) is 16.0. The SMILES string of the molecule is CCC(=O)Oc1c(C)cccc1O[C@H](CC)NC(C)(C)O. The van der Waals surface area contributed by atoms with Gasteiger partial charge in [0.05, 0.1) is 0 Å². The number of carbonyl (C=O) groups is 1. The minimum absolute atomic E-state index is 0.299. The number of carbonyl (C=O) groups excluding carboxylic acids is 1. The molecule has 0 bridgehead atoms. The quantitative estimate of drug-likeness (QED) is 0.460. The Morgan fingerprint density at radius 3 is 2.57 bits per heavy atom. The van der Waals surface area contributed by atoms with E-state index in [1.54, 1.807) is 26.8 Å². The van der Waals surface area contributed by atoms with Crippen molar-refractivity contribution >= 4 is 5.97 Å². The molecule has 0 radical (unpaired) electrons. The fourth-order valence-corrected chi connectivity index (χ4v) is 1.80. The molecule has 1 atom stereocenters. The van der Waals surface area contributed by atoms with Crippen LogP contribution in [0.15, 0.2) is 18.2 Å². The molecule has 0 unspecified atom stereocenters. The summed E-state index contributed by atoms with van der Waals surface area (Å²) in [6.07, 6.45) is 0.567. The van der Waals surface area contributed by atoms with E-state index in [0.717, 1.165) is 5.56 Å². The highest BCUT2D eigenvalue weighted by Gasteiger charge is 2.21. The lowest BCUT2D eigenvalue weighted by Gasteiger charge is -2.28. The van der Waals surface area contributed by atoms with Crippen LogP contribution in [0.1, 0.15) is 46.1 Å². The minimum atomic E-state index is -1.05. The van der Waals surface area contributed by atoms with Gasteiger partial charge in [-0.05, 0) is 38.8 Å². The number of hydrogen-bond acceptors (Lipinski definition) is 5. The van der Waals surface area contributed by atoms with Gasteiger partial charge in [-0.2, -0.15) is 0 Å². The average molecular weight is 295 g/mol. The molecule has 0 aliphatic rings. The van der Waals surface area contributed by atoms with Crippen molar-refractivity contribution in [1.29, 1.82) is 0 Å². The van der Waals surface area contributed by atoms with Crippen molar-refractivity contribution in [3.8, 4) is 11.5 Å². The van der Waals surface area contributed by atoms with Gasteiger partial charge in [-0.1, -0.05) is 26.0 Å². The van der Waals surface area contributed by atoms with Crippen molar-refractivity contribution in [2.75, 3.05) is 0 Å². The van der Waals surface area contributed by atoms with Crippen molar-refractivity contribution in [3.05, 3.63) is 23.8 Å². The molecule has 0 aliphatic heterocycles. The molecule has 0 fully saturated rings. The number of ether oxygens (including phenoxy) is 2. The molecule has 1 rings (SSSR count). The molecule has 1 aromatic carbocycles. The number of benzene rings is 1. The molecule has 1 aromatic rings. The predicted octanol–water partition coefficient (Wildman–Crippen LogP) is 2.74. The predicted molar refractivity (Wildman–Crippen MR) is 81.2 cm³/mol. The van der Waals surface area contributed by atoms with Gasteiger partial charge in [0.2, 0.25) is 0 Å². The van der Waals surface area contributed by atoms with E-state index in [1.165, 1.54) is 0 Å². The second kappa shape index (κ2) is 7.43. The number of hydrogen-bond donors (Lipinski definition) is 2. The van der Waals surface area contributed by atoms with Crippen LogP contribution in [0.5, 0.6) is 11.5 Å². The smallest absolute Gasteiger partial charge is 0.311 e. The zero-order valence-corrected chi connectivity index (χ0v) is 13.4. The monoisotopic (exact) mass is 295 g/mol. The molecule has 0 aromatic heterocycles. The van der Waals surface area contributed by atoms with Gasteiger partial charge in [0, 0.05) is 6.42 Å². The lowest BCUT2D eigenvalue weighted by molar-refractivity contribution is -0.134. The van der Waals surface area contributed by atoms with Crippen LogP contribution < -0.4 is 14.8 Å². The Labute approximate surface area is 126 Å². The highest BCUT2D eigenvalue weighted by atomic mass is 16.6. The lowest BCUT2D eigenvalue weighted by Crippen LogP contribution is -2.48. The van der Waals surface area contributed by atoms with Gasteiger partial charge in [0.25, 0.3) is 0 Å². The van der Waals surface area contributed by atoms with Crippen LogP contribution in [-0.4, -0.2) is 23.0 Å². The summed E-state index contributed by atoms with van der Waals surface area (Å²) >= 11 is 0. The summed E-state index contributed by atoms with van der Waals surface area (Å²) in [6.45, 7) is 8.83. The normalized spacial score (nSPS) is 12.9. The van der Waals surface area contributed by atoms with Crippen LogP contribution in [0.3, 0.4) is 0 Å². The van der Waals surface area contributed by atoms with E-state index in [0.29, 0.717) is 24.3 Å². The fraction of sp³-hybridized carbons (Fsp3) is 0.562. The van der Waals surface area contributed by atoms with Gasteiger partial charge in [-0.3, -0.25) is 10.1 Å². The second-order valence-electron chi connectivity index (χ2n) is 5.45. The second-order valence-corrected chi connectivity index (χ2v) is 5.45. The molecule has 118 valence electrons. The maximum atomic E-state index is 11.5. The highest BCUT2D eigenvalue weighted by molar-refractivity contribution is 5.73. The summed E-state index contributed by atoms with van der Waals surface area (Å²) in [7, 11) is 0. The van der Waals surface area contributed by atoms with Gasteiger partial charge in [0.1, 0.15) is 5.72 Å². The molecule has 5 heteroatoms. The first-order valence-corrected chi connectivity index (χ1v) is 7.23. The third-order valence-electron chi connectivity index (χ3n) is 2.83. The third kappa shape index (κ3) is 5.73. The summed E-state index contributed by atoms with van der Waals surface area (Å²) < 4.78 is 11.2. The van der Waals surface area contributed by atoms with Gasteiger partial charge in [-0.15, -0.1) is 0 Å². The summed E-state index contributed by atoms with van der Waals surface area (Å²) in [4.78, 5) is 11.5. The topological polar surface area (TPSA) is 67.8 Å². The van der Waals surface area contributed by atoms with E-state index in [2.05, 4.69) is 5.32 Å². The van der Waals surface area contributed by atoms with Crippen molar-refractivity contribution in [1.82, 2.24) is 5.32 Å². The van der Waals surface area contributed by atoms with Crippen molar-refractivity contribution < 1.29 is 19.4 Å². The van der Waals surface area contributed by atoms with E-state index >= 15 is 0 Å². The molecule has 0 saturated heterocycles. The van der Waals surface area contributed by atoms with Crippen LogP contribution in [0.4, 0.5) is 0 Å². The largest absolute Gasteiger partial charge is 0.471 e.